The van der Waals surface area contributed by atoms with Crippen LogP contribution in [0.2, 0.25) is 0 Å². The standard InChI is InChI=1S/C11H12N2O2/c1-8(11(14)15)9-5-3-4-6-10(9)13-7-12-2/h3-6,8H,1-2H3,(H,14,15). The number of carboxylic acids is 1. The van der Waals surface area contributed by atoms with Crippen LogP contribution in [0.25, 0.3) is 0 Å². The first-order valence-electron chi connectivity index (χ1n) is 4.53. The van der Waals surface area contributed by atoms with Crippen LogP contribution in [0.15, 0.2) is 34.3 Å². The second-order valence-electron chi connectivity index (χ2n) is 3.05. The molecule has 1 aromatic rings. The highest BCUT2D eigenvalue weighted by Crippen LogP contribution is 2.26. The fraction of sp³-hybridized carbons (Fsp3) is 0.273. The number of hydrogen-bond acceptors (Lipinski definition) is 3. The Bertz CT molecular complexity index is 420. The maximum Gasteiger partial charge on any atom is 0.310 e. The Kier molecular flexibility index (Phi) is 3.77. The third kappa shape index (κ3) is 2.76. The van der Waals surface area contributed by atoms with E-state index in [2.05, 4.69) is 16.0 Å². The van der Waals surface area contributed by atoms with Crippen LogP contribution in [-0.4, -0.2) is 24.1 Å². The van der Waals surface area contributed by atoms with Crippen LogP contribution in [0.1, 0.15) is 18.4 Å². The number of rotatable bonds is 3. The first-order valence-corrected chi connectivity index (χ1v) is 4.53. The van der Waals surface area contributed by atoms with Crippen molar-refractivity contribution in [1.82, 2.24) is 0 Å². The van der Waals surface area contributed by atoms with Crippen LogP contribution in [0.3, 0.4) is 0 Å². The molecule has 1 N–H and O–H groups in total. The lowest BCUT2D eigenvalue weighted by Crippen LogP contribution is -2.07. The van der Waals surface area contributed by atoms with E-state index in [9.17, 15) is 4.79 Å². The van der Waals surface area contributed by atoms with Gasteiger partial charge in [-0.3, -0.25) is 4.79 Å². The molecule has 1 aromatic carbocycles. The number of hydrogen-bond donors (Lipinski definition) is 1. The highest BCUT2D eigenvalue weighted by atomic mass is 16.4. The second-order valence-corrected chi connectivity index (χ2v) is 3.05. The van der Waals surface area contributed by atoms with Gasteiger partial charge in [0.1, 0.15) is 0 Å². The lowest BCUT2D eigenvalue weighted by Gasteiger charge is -2.08. The van der Waals surface area contributed by atoms with E-state index >= 15 is 0 Å². The summed E-state index contributed by atoms with van der Waals surface area (Å²) in [5, 5.41) is 8.90. The molecule has 0 bridgehead atoms. The summed E-state index contributed by atoms with van der Waals surface area (Å²) in [7, 11) is 1.56. The predicted octanol–water partition coefficient (Wildman–Crippen LogP) is 2.31. The summed E-state index contributed by atoms with van der Waals surface area (Å²) in [4.78, 5) is 18.4. The van der Waals surface area contributed by atoms with Crippen molar-refractivity contribution in [2.75, 3.05) is 7.05 Å². The number of benzene rings is 1. The van der Waals surface area contributed by atoms with E-state index in [-0.39, 0.29) is 0 Å². The van der Waals surface area contributed by atoms with E-state index in [4.69, 9.17) is 5.11 Å². The molecule has 0 fully saturated rings. The van der Waals surface area contributed by atoms with E-state index in [0.29, 0.717) is 11.3 Å². The van der Waals surface area contributed by atoms with Crippen LogP contribution >= 0.6 is 0 Å². The summed E-state index contributed by atoms with van der Waals surface area (Å²) >= 11 is 0. The van der Waals surface area contributed by atoms with Crippen molar-refractivity contribution in [2.45, 2.75) is 12.8 Å². The molecule has 0 radical (unpaired) electrons. The summed E-state index contributed by atoms with van der Waals surface area (Å²) < 4.78 is 0. The number of nitrogens with zero attached hydrogens (tertiary/aromatic N) is 2. The van der Waals surface area contributed by atoms with Gasteiger partial charge in [-0.25, -0.2) is 4.99 Å². The highest BCUT2D eigenvalue weighted by Gasteiger charge is 2.16. The molecule has 0 aliphatic heterocycles. The lowest BCUT2D eigenvalue weighted by atomic mass is 10.00. The van der Waals surface area contributed by atoms with Crippen molar-refractivity contribution in [3.8, 4) is 0 Å². The summed E-state index contributed by atoms with van der Waals surface area (Å²) in [6, 6.07) is 9.53. The first kappa shape index (κ1) is 11.1. The van der Waals surface area contributed by atoms with Gasteiger partial charge in [0.25, 0.3) is 0 Å². The Morgan fingerprint density at radius 1 is 1.47 bits per heavy atom. The fourth-order valence-corrected chi connectivity index (χ4v) is 1.19. The normalized spacial score (nSPS) is 11.3. The molecule has 1 atom stereocenters. The molecule has 15 heavy (non-hydrogen) atoms. The van der Waals surface area contributed by atoms with Crippen molar-refractivity contribution in [2.24, 2.45) is 9.98 Å². The van der Waals surface area contributed by atoms with Gasteiger partial charge < -0.3 is 5.11 Å². The van der Waals surface area contributed by atoms with Gasteiger partial charge in [-0.05, 0) is 18.6 Å². The van der Waals surface area contributed by atoms with Crippen molar-refractivity contribution in [1.29, 1.82) is 0 Å². The number of carbonyl (C=O) groups is 1. The zero-order valence-corrected chi connectivity index (χ0v) is 8.64. The highest BCUT2D eigenvalue weighted by molar-refractivity contribution is 5.78. The Hall–Kier alpha value is -1.93. The van der Waals surface area contributed by atoms with Crippen LogP contribution in [-0.2, 0) is 4.79 Å². The molecule has 0 aliphatic rings. The number of aliphatic imine (C=N–C) groups is 2. The monoisotopic (exact) mass is 204 g/mol. The molecule has 1 unspecified atom stereocenters. The lowest BCUT2D eigenvalue weighted by molar-refractivity contribution is -0.138. The topological polar surface area (TPSA) is 62.0 Å². The Morgan fingerprint density at radius 2 is 2.13 bits per heavy atom. The summed E-state index contributed by atoms with van der Waals surface area (Å²) in [5.74, 6) is -1.45. The molecule has 4 nitrogen and oxygen atoms in total. The fourth-order valence-electron chi connectivity index (χ4n) is 1.19. The molecule has 0 aliphatic carbocycles. The smallest absolute Gasteiger partial charge is 0.310 e. The molecular formula is C11H12N2O2. The molecule has 0 saturated heterocycles. The average molecular weight is 204 g/mol. The molecule has 0 aromatic heterocycles. The number of carboxylic acid groups (broad SMARTS) is 1. The van der Waals surface area contributed by atoms with Gasteiger partial charge in [-0.15, -0.1) is 0 Å². The van der Waals surface area contributed by atoms with Crippen molar-refractivity contribution in [3.63, 3.8) is 0 Å². The Labute approximate surface area is 88.0 Å². The maximum atomic E-state index is 10.8. The van der Waals surface area contributed by atoms with Gasteiger partial charge in [0.05, 0.1) is 17.6 Å². The van der Waals surface area contributed by atoms with E-state index in [1.165, 1.54) is 0 Å². The van der Waals surface area contributed by atoms with Crippen molar-refractivity contribution >= 4 is 17.7 Å². The van der Waals surface area contributed by atoms with E-state index in [1.54, 1.807) is 38.2 Å². The minimum absolute atomic E-state index is 0.580. The third-order valence-electron chi connectivity index (χ3n) is 2.04. The van der Waals surface area contributed by atoms with Crippen LogP contribution in [0.4, 0.5) is 5.69 Å². The molecule has 0 amide bonds. The van der Waals surface area contributed by atoms with Gasteiger partial charge >= 0.3 is 5.97 Å². The zero-order valence-electron chi connectivity index (χ0n) is 8.64. The molecule has 4 heteroatoms. The van der Waals surface area contributed by atoms with E-state index < -0.39 is 11.9 Å². The minimum atomic E-state index is -0.869. The van der Waals surface area contributed by atoms with E-state index in [1.807, 2.05) is 0 Å². The molecule has 0 saturated carbocycles. The minimum Gasteiger partial charge on any atom is -0.481 e. The average Bonchev–Trinajstić information content (AvgIpc) is 2.25. The quantitative estimate of drug-likeness (QED) is 0.768. The molecule has 78 valence electrons. The second kappa shape index (κ2) is 5.08. The number of para-hydroxylation sites is 1. The van der Waals surface area contributed by atoms with Crippen LogP contribution < -0.4 is 0 Å². The van der Waals surface area contributed by atoms with Crippen LogP contribution in [0, 0.1) is 0 Å². The molecular weight excluding hydrogens is 192 g/mol. The molecule has 1 rings (SSSR count). The van der Waals surface area contributed by atoms with Gasteiger partial charge in [-0.2, -0.15) is 4.99 Å². The van der Waals surface area contributed by atoms with Gasteiger partial charge in [0, 0.05) is 7.05 Å². The Morgan fingerprint density at radius 3 is 2.73 bits per heavy atom. The van der Waals surface area contributed by atoms with Crippen molar-refractivity contribution < 1.29 is 9.90 Å². The van der Waals surface area contributed by atoms with Crippen LogP contribution in [0.5, 0.6) is 0 Å². The zero-order chi connectivity index (χ0) is 11.3. The van der Waals surface area contributed by atoms with E-state index in [0.717, 1.165) is 0 Å². The van der Waals surface area contributed by atoms with Gasteiger partial charge in [0.2, 0.25) is 0 Å². The summed E-state index contributed by atoms with van der Waals surface area (Å²) in [5.41, 5.74) is 1.26. The first-order chi connectivity index (χ1) is 7.16. The maximum absolute atomic E-state index is 10.8. The largest absolute Gasteiger partial charge is 0.481 e. The predicted molar refractivity (Wildman–Crippen MR) is 57.9 cm³/mol. The third-order valence-corrected chi connectivity index (χ3v) is 2.04. The van der Waals surface area contributed by atoms with Gasteiger partial charge in [-0.1, -0.05) is 18.2 Å². The molecule has 0 spiro atoms. The Balaban J connectivity index is 3.17. The SMILES string of the molecule is CN=C=Nc1ccccc1C(C)C(=O)O. The van der Waals surface area contributed by atoms with Crippen molar-refractivity contribution in [3.05, 3.63) is 29.8 Å². The molecule has 0 heterocycles. The number of aliphatic carboxylic acids is 1. The summed E-state index contributed by atoms with van der Waals surface area (Å²) in [6.07, 6.45) is 0. The summed E-state index contributed by atoms with van der Waals surface area (Å²) in [6.45, 7) is 1.62. The van der Waals surface area contributed by atoms with Gasteiger partial charge in [0.15, 0.2) is 0 Å².